The maximum Gasteiger partial charge on any atom is 0.155 e. The molecule has 0 aromatic heterocycles. The third-order valence-corrected chi connectivity index (χ3v) is 1.52. The summed E-state index contributed by atoms with van der Waals surface area (Å²) in [6.45, 7) is 8.88. The normalized spacial score (nSPS) is 16.4. The van der Waals surface area contributed by atoms with E-state index in [1.165, 1.54) is 6.42 Å². The maximum atomic E-state index is 5.51. The van der Waals surface area contributed by atoms with Gasteiger partial charge in [-0.15, -0.1) is 0 Å². The lowest BCUT2D eigenvalue weighted by Crippen LogP contribution is -2.19. The maximum absolute atomic E-state index is 5.51. The number of rotatable bonds is 6. The van der Waals surface area contributed by atoms with Crippen molar-refractivity contribution in [1.82, 2.24) is 0 Å². The van der Waals surface area contributed by atoms with Gasteiger partial charge in [0.1, 0.15) is 0 Å². The summed E-state index contributed by atoms with van der Waals surface area (Å²) in [5.74, 6) is 0. The minimum Gasteiger partial charge on any atom is -0.353 e. The van der Waals surface area contributed by atoms with Crippen LogP contribution in [-0.4, -0.2) is 19.0 Å². The molecule has 0 aromatic carbocycles. The van der Waals surface area contributed by atoms with Gasteiger partial charge in [0.2, 0.25) is 0 Å². The summed E-state index contributed by atoms with van der Waals surface area (Å²) in [6, 6.07) is 0. The summed E-state index contributed by atoms with van der Waals surface area (Å²) in [6.07, 6.45) is 2.54. The quantitative estimate of drug-likeness (QED) is 0.556. The Morgan fingerprint density at radius 1 is 1.18 bits per heavy atom. The first kappa shape index (κ1) is 10.9. The third kappa shape index (κ3) is 6.32. The van der Waals surface area contributed by atoms with Gasteiger partial charge >= 0.3 is 0 Å². The zero-order valence-corrected chi connectivity index (χ0v) is 8.09. The smallest absolute Gasteiger partial charge is 0.155 e. The van der Waals surface area contributed by atoms with Gasteiger partial charge in [0.15, 0.2) is 6.29 Å². The summed E-state index contributed by atoms with van der Waals surface area (Å²) in [7, 11) is 0. The molecule has 68 valence electrons. The van der Waals surface area contributed by atoms with Crippen molar-refractivity contribution in [3.63, 3.8) is 0 Å². The Labute approximate surface area is 69.9 Å². The average molecular weight is 160 g/mol. The van der Waals surface area contributed by atoms with E-state index in [0.29, 0.717) is 6.10 Å². The van der Waals surface area contributed by atoms with Crippen LogP contribution in [0.15, 0.2) is 0 Å². The van der Waals surface area contributed by atoms with E-state index < -0.39 is 0 Å². The summed E-state index contributed by atoms with van der Waals surface area (Å²) < 4.78 is 10.7. The summed E-state index contributed by atoms with van der Waals surface area (Å²) in [5, 5.41) is 0. The minimum atomic E-state index is -0.0541. The van der Waals surface area contributed by atoms with Gasteiger partial charge in [0.25, 0.3) is 0 Å². The Balaban J connectivity index is 3.32. The van der Waals surface area contributed by atoms with Crippen molar-refractivity contribution in [3.8, 4) is 0 Å². The monoisotopic (exact) mass is 160 g/mol. The summed E-state index contributed by atoms with van der Waals surface area (Å²) >= 11 is 0. The average Bonchev–Trinajstić information content (AvgIpc) is 1.87. The number of ether oxygens (including phenoxy) is 2. The molecule has 2 atom stereocenters. The van der Waals surface area contributed by atoms with Crippen LogP contribution in [0.4, 0.5) is 0 Å². The van der Waals surface area contributed by atoms with Crippen molar-refractivity contribution < 1.29 is 9.47 Å². The first-order chi connectivity index (χ1) is 5.20. The van der Waals surface area contributed by atoms with Crippen LogP contribution in [0.3, 0.4) is 0 Å². The van der Waals surface area contributed by atoms with Gasteiger partial charge in [-0.05, 0) is 27.2 Å². The summed E-state index contributed by atoms with van der Waals surface area (Å²) in [4.78, 5) is 0. The Kier molecular flexibility index (Phi) is 6.57. The van der Waals surface area contributed by atoms with Gasteiger partial charge in [-0.3, -0.25) is 0 Å². The highest BCUT2D eigenvalue weighted by Crippen LogP contribution is 2.05. The number of hydrogen-bond donors (Lipinski definition) is 0. The lowest BCUT2D eigenvalue weighted by atomic mass is 10.2. The van der Waals surface area contributed by atoms with Crippen LogP contribution in [0.5, 0.6) is 0 Å². The molecule has 0 amide bonds. The Morgan fingerprint density at radius 3 is 2.27 bits per heavy atom. The highest BCUT2D eigenvalue weighted by Gasteiger charge is 2.06. The van der Waals surface area contributed by atoms with E-state index in [-0.39, 0.29) is 6.29 Å². The number of hydrogen-bond acceptors (Lipinski definition) is 2. The molecule has 2 heteroatoms. The molecule has 0 N–H and O–H groups in total. The van der Waals surface area contributed by atoms with Gasteiger partial charge in [-0.2, -0.15) is 0 Å². The molecule has 0 aromatic rings. The minimum absolute atomic E-state index is 0.0541. The first-order valence-electron chi connectivity index (χ1n) is 4.47. The van der Waals surface area contributed by atoms with Crippen molar-refractivity contribution in [3.05, 3.63) is 0 Å². The molecule has 0 fully saturated rings. The van der Waals surface area contributed by atoms with E-state index >= 15 is 0 Å². The molecule has 0 rings (SSSR count). The Hall–Kier alpha value is -0.0800. The van der Waals surface area contributed by atoms with E-state index in [4.69, 9.17) is 9.47 Å². The van der Waals surface area contributed by atoms with Crippen LogP contribution in [-0.2, 0) is 9.47 Å². The highest BCUT2D eigenvalue weighted by atomic mass is 16.7. The predicted octanol–water partition coefficient (Wildman–Crippen LogP) is 2.57. The first-order valence-corrected chi connectivity index (χ1v) is 4.47. The van der Waals surface area contributed by atoms with E-state index in [2.05, 4.69) is 13.8 Å². The second-order valence-electron chi connectivity index (χ2n) is 2.76. The zero-order valence-electron chi connectivity index (χ0n) is 8.09. The molecule has 0 spiro atoms. The zero-order chi connectivity index (χ0) is 8.69. The molecule has 0 saturated carbocycles. The fourth-order valence-electron chi connectivity index (χ4n) is 1.08. The van der Waals surface area contributed by atoms with Gasteiger partial charge in [0.05, 0.1) is 6.10 Å². The van der Waals surface area contributed by atoms with Gasteiger partial charge < -0.3 is 9.47 Å². The molecule has 0 aliphatic rings. The molecule has 0 aliphatic carbocycles. The fourth-order valence-corrected chi connectivity index (χ4v) is 1.08. The van der Waals surface area contributed by atoms with Crippen LogP contribution in [0, 0.1) is 0 Å². The van der Waals surface area contributed by atoms with Gasteiger partial charge in [-0.1, -0.05) is 13.3 Å². The van der Waals surface area contributed by atoms with Crippen LogP contribution in [0.1, 0.15) is 40.5 Å². The standard InChI is InChI=1S/C9H20O2/c1-5-7-8(3)11-9(4)10-6-2/h8-9H,5-7H2,1-4H3. The van der Waals surface area contributed by atoms with E-state index in [9.17, 15) is 0 Å². The molecule has 0 heterocycles. The van der Waals surface area contributed by atoms with Crippen molar-refractivity contribution >= 4 is 0 Å². The third-order valence-electron chi connectivity index (χ3n) is 1.52. The molecule has 11 heavy (non-hydrogen) atoms. The van der Waals surface area contributed by atoms with Crippen LogP contribution >= 0.6 is 0 Å². The van der Waals surface area contributed by atoms with Crippen molar-refractivity contribution in [1.29, 1.82) is 0 Å². The van der Waals surface area contributed by atoms with Crippen molar-refractivity contribution in [2.24, 2.45) is 0 Å². The van der Waals surface area contributed by atoms with Crippen LogP contribution < -0.4 is 0 Å². The van der Waals surface area contributed by atoms with Gasteiger partial charge in [0, 0.05) is 6.61 Å². The van der Waals surface area contributed by atoms with E-state index in [0.717, 1.165) is 13.0 Å². The molecular weight excluding hydrogens is 140 g/mol. The fraction of sp³-hybridized carbons (Fsp3) is 1.00. The molecule has 0 bridgehead atoms. The lowest BCUT2D eigenvalue weighted by Gasteiger charge is -2.18. The van der Waals surface area contributed by atoms with Crippen molar-refractivity contribution in [2.45, 2.75) is 52.9 Å². The second-order valence-corrected chi connectivity index (χ2v) is 2.76. The Bertz CT molecular complexity index is 73.6. The van der Waals surface area contributed by atoms with Crippen LogP contribution in [0.25, 0.3) is 0 Å². The molecule has 2 unspecified atom stereocenters. The lowest BCUT2D eigenvalue weighted by molar-refractivity contribution is -0.154. The molecule has 2 nitrogen and oxygen atoms in total. The van der Waals surface area contributed by atoms with Crippen LogP contribution in [0.2, 0.25) is 0 Å². The van der Waals surface area contributed by atoms with E-state index in [1.54, 1.807) is 0 Å². The molecule has 0 aliphatic heterocycles. The molecule has 0 saturated heterocycles. The second kappa shape index (κ2) is 6.62. The van der Waals surface area contributed by atoms with Gasteiger partial charge in [-0.25, -0.2) is 0 Å². The molecule has 0 radical (unpaired) electrons. The topological polar surface area (TPSA) is 18.5 Å². The van der Waals surface area contributed by atoms with E-state index in [1.807, 2.05) is 13.8 Å². The highest BCUT2D eigenvalue weighted by molar-refractivity contribution is 4.48. The molecular formula is C9H20O2. The largest absolute Gasteiger partial charge is 0.353 e. The predicted molar refractivity (Wildman–Crippen MR) is 46.5 cm³/mol. The van der Waals surface area contributed by atoms with Crippen molar-refractivity contribution in [2.75, 3.05) is 6.61 Å². The summed E-state index contributed by atoms with van der Waals surface area (Å²) in [5.41, 5.74) is 0. The Morgan fingerprint density at radius 2 is 1.82 bits per heavy atom. The SMILES string of the molecule is CCCC(C)OC(C)OCC.